The van der Waals surface area contributed by atoms with E-state index in [9.17, 15) is 18.0 Å². The minimum Gasteiger partial charge on any atom is -0.339 e. The third kappa shape index (κ3) is 5.52. The highest BCUT2D eigenvalue weighted by Crippen LogP contribution is 2.18. The molecule has 0 saturated carbocycles. The Morgan fingerprint density at radius 1 is 1.36 bits per heavy atom. The number of amides is 2. The normalized spacial score (nSPS) is 18.7. The summed E-state index contributed by atoms with van der Waals surface area (Å²) in [7, 11) is -3.03. The maximum Gasteiger partial charge on any atom is 0.224 e. The van der Waals surface area contributed by atoms with Crippen molar-refractivity contribution >= 4 is 21.7 Å². The van der Waals surface area contributed by atoms with Gasteiger partial charge in [-0.3, -0.25) is 14.6 Å². The van der Waals surface area contributed by atoms with Crippen LogP contribution in [-0.2, 0) is 26.0 Å². The number of nitrogens with zero attached hydrogens (tertiary/aromatic N) is 3. The second-order valence-electron chi connectivity index (χ2n) is 6.29. The van der Waals surface area contributed by atoms with Crippen molar-refractivity contribution in [2.45, 2.75) is 39.3 Å². The summed E-state index contributed by atoms with van der Waals surface area (Å²) in [6.45, 7) is 4.50. The lowest BCUT2D eigenvalue weighted by Gasteiger charge is -2.28. The summed E-state index contributed by atoms with van der Waals surface area (Å²) in [5, 5.41) is 0. The molecular weight excluding hydrogens is 342 g/mol. The van der Waals surface area contributed by atoms with Gasteiger partial charge in [0, 0.05) is 51.4 Å². The molecule has 8 heteroatoms. The van der Waals surface area contributed by atoms with Gasteiger partial charge < -0.3 is 9.80 Å². The highest BCUT2D eigenvalue weighted by molar-refractivity contribution is 7.91. The van der Waals surface area contributed by atoms with Crippen LogP contribution in [0.2, 0.25) is 0 Å². The zero-order valence-electron chi connectivity index (χ0n) is 14.7. The molecule has 0 spiro atoms. The van der Waals surface area contributed by atoms with Crippen LogP contribution in [0.4, 0.5) is 0 Å². The second kappa shape index (κ2) is 8.42. The molecular formula is C17H25N3O4S. The van der Waals surface area contributed by atoms with Crippen molar-refractivity contribution in [1.82, 2.24) is 14.8 Å². The van der Waals surface area contributed by atoms with Gasteiger partial charge in [0.25, 0.3) is 0 Å². The molecule has 0 radical (unpaired) electrons. The Morgan fingerprint density at radius 3 is 2.64 bits per heavy atom. The Kier molecular flexibility index (Phi) is 6.52. The maximum absolute atomic E-state index is 12.5. The zero-order chi connectivity index (χ0) is 18.4. The molecule has 2 heterocycles. The lowest BCUT2D eigenvalue weighted by atomic mass is 10.2. The Bertz CT molecular complexity index is 706. The Hall–Kier alpha value is -1.96. The van der Waals surface area contributed by atoms with E-state index in [4.69, 9.17) is 0 Å². The third-order valence-electron chi connectivity index (χ3n) is 4.45. The van der Waals surface area contributed by atoms with Gasteiger partial charge >= 0.3 is 0 Å². The quantitative estimate of drug-likeness (QED) is 0.713. The standard InChI is InChI=1S/C17H25N3O4S/c1-3-20(16-7-10-25(23,24)13-16)17(22)6-9-19(14(2)21)12-15-5-4-8-18-11-15/h4-5,8,11,16H,3,6-7,9-10,12-13H2,1-2H3. The molecule has 1 aliphatic heterocycles. The van der Waals surface area contributed by atoms with E-state index in [-0.39, 0.29) is 35.8 Å². The molecule has 1 unspecified atom stereocenters. The minimum absolute atomic E-state index is 0.0404. The van der Waals surface area contributed by atoms with Crippen LogP contribution in [0.1, 0.15) is 32.3 Å². The largest absolute Gasteiger partial charge is 0.339 e. The zero-order valence-corrected chi connectivity index (χ0v) is 15.5. The molecule has 0 bridgehead atoms. The smallest absolute Gasteiger partial charge is 0.224 e. The van der Waals surface area contributed by atoms with Gasteiger partial charge in [-0.15, -0.1) is 0 Å². The molecule has 1 aromatic heterocycles. The Labute approximate surface area is 148 Å². The summed E-state index contributed by atoms with van der Waals surface area (Å²) in [4.78, 5) is 31.6. The second-order valence-corrected chi connectivity index (χ2v) is 8.52. The minimum atomic E-state index is -3.03. The fraction of sp³-hybridized carbons (Fsp3) is 0.588. The van der Waals surface area contributed by atoms with Crippen LogP contribution >= 0.6 is 0 Å². The van der Waals surface area contributed by atoms with E-state index >= 15 is 0 Å². The number of hydrogen-bond acceptors (Lipinski definition) is 5. The van der Waals surface area contributed by atoms with Gasteiger partial charge in [0.15, 0.2) is 9.84 Å². The SMILES string of the molecule is CCN(C(=O)CCN(Cc1cccnc1)C(C)=O)C1CCS(=O)(=O)C1. The number of carbonyl (C=O) groups excluding carboxylic acids is 2. The highest BCUT2D eigenvalue weighted by Gasteiger charge is 2.33. The first-order chi connectivity index (χ1) is 11.8. The van der Waals surface area contributed by atoms with Crippen LogP contribution in [0.5, 0.6) is 0 Å². The van der Waals surface area contributed by atoms with Crippen LogP contribution in [0, 0.1) is 0 Å². The molecule has 0 aromatic carbocycles. The first-order valence-corrected chi connectivity index (χ1v) is 10.3. The number of carbonyl (C=O) groups is 2. The molecule has 1 aromatic rings. The van der Waals surface area contributed by atoms with Gasteiger partial charge in [-0.05, 0) is 25.0 Å². The summed E-state index contributed by atoms with van der Waals surface area (Å²) < 4.78 is 23.3. The fourth-order valence-corrected chi connectivity index (χ4v) is 4.82. The summed E-state index contributed by atoms with van der Waals surface area (Å²) >= 11 is 0. The summed E-state index contributed by atoms with van der Waals surface area (Å²) in [5.41, 5.74) is 0.902. The number of pyridine rings is 1. The van der Waals surface area contributed by atoms with E-state index in [0.29, 0.717) is 26.1 Å². The Balaban J connectivity index is 1.94. The molecule has 1 saturated heterocycles. The van der Waals surface area contributed by atoms with E-state index in [1.165, 1.54) is 6.92 Å². The van der Waals surface area contributed by atoms with E-state index in [1.54, 1.807) is 28.3 Å². The average molecular weight is 367 g/mol. The lowest BCUT2D eigenvalue weighted by molar-refractivity contribution is -0.134. The first-order valence-electron chi connectivity index (χ1n) is 8.46. The van der Waals surface area contributed by atoms with Crippen molar-refractivity contribution in [1.29, 1.82) is 0 Å². The van der Waals surface area contributed by atoms with E-state index in [2.05, 4.69) is 4.98 Å². The van der Waals surface area contributed by atoms with E-state index in [0.717, 1.165) is 5.56 Å². The van der Waals surface area contributed by atoms with Crippen molar-refractivity contribution < 1.29 is 18.0 Å². The predicted octanol–water partition coefficient (Wildman–Crippen LogP) is 0.856. The van der Waals surface area contributed by atoms with Gasteiger partial charge in [0.2, 0.25) is 11.8 Å². The van der Waals surface area contributed by atoms with E-state index in [1.807, 2.05) is 13.0 Å². The number of aromatic nitrogens is 1. The first kappa shape index (κ1) is 19.4. The molecule has 2 amide bonds. The van der Waals surface area contributed by atoms with Crippen LogP contribution in [-0.4, -0.2) is 65.7 Å². The van der Waals surface area contributed by atoms with Gasteiger partial charge in [-0.2, -0.15) is 0 Å². The molecule has 1 fully saturated rings. The maximum atomic E-state index is 12.5. The number of rotatable bonds is 7. The highest BCUT2D eigenvalue weighted by atomic mass is 32.2. The molecule has 1 aliphatic rings. The van der Waals surface area contributed by atoms with E-state index < -0.39 is 9.84 Å². The van der Waals surface area contributed by atoms with Gasteiger partial charge in [-0.25, -0.2) is 8.42 Å². The summed E-state index contributed by atoms with van der Waals surface area (Å²) in [6, 6.07) is 3.44. The lowest BCUT2D eigenvalue weighted by Crippen LogP contribution is -2.42. The summed E-state index contributed by atoms with van der Waals surface area (Å²) in [6.07, 6.45) is 4.04. The van der Waals surface area contributed by atoms with Crippen LogP contribution in [0.3, 0.4) is 0 Å². The van der Waals surface area contributed by atoms with Crippen LogP contribution < -0.4 is 0 Å². The molecule has 7 nitrogen and oxygen atoms in total. The van der Waals surface area contributed by atoms with Crippen molar-refractivity contribution in [2.24, 2.45) is 0 Å². The molecule has 138 valence electrons. The van der Waals surface area contributed by atoms with Gasteiger partial charge in [-0.1, -0.05) is 6.07 Å². The monoisotopic (exact) mass is 367 g/mol. The number of sulfone groups is 1. The molecule has 1 atom stereocenters. The fourth-order valence-electron chi connectivity index (χ4n) is 3.09. The summed E-state index contributed by atoms with van der Waals surface area (Å²) in [5.74, 6) is -0.0362. The molecule has 25 heavy (non-hydrogen) atoms. The van der Waals surface area contributed by atoms with Crippen LogP contribution in [0.25, 0.3) is 0 Å². The molecule has 0 N–H and O–H groups in total. The van der Waals surface area contributed by atoms with Gasteiger partial charge in [0.1, 0.15) is 0 Å². The predicted molar refractivity (Wildman–Crippen MR) is 94.4 cm³/mol. The van der Waals surface area contributed by atoms with Crippen molar-refractivity contribution in [2.75, 3.05) is 24.6 Å². The topological polar surface area (TPSA) is 87.7 Å². The van der Waals surface area contributed by atoms with Crippen molar-refractivity contribution in [3.63, 3.8) is 0 Å². The number of hydrogen-bond donors (Lipinski definition) is 0. The van der Waals surface area contributed by atoms with Gasteiger partial charge in [0.05, 0.1) is 11.5 Å². The Morgan fingerprint density at radius 2 is 2.12 bits per heavy atom. The van der Waals surface area contributed by atoms with Crippen LogP contribution in [0.15, 0.2) is 24.5 Å². The third-order valence-corrected chi connectivity index (χ3v) is 6.20. The van der Waals surface area contributed by atoms with Crippen molar-refractivity contribution in [3.05, 3.63) is 30.1 Å². The molecule has 2 rings (SSSR count). The molecule has 0 aliphatic carbocycles. The van der Waals surface area contributed by atoms with Crippen molar-refractivity contribution in [3.8, 4) is 0 Å². The average Bonchev–Trinajstić information content (AvgIpc) is 2.92.